The fraction of sp³-hybridized carbons (Fsp3) is 0.188. The summed E-state index contributed by atoms with van der Waals surface area (Å²) < 4.78 is 0.937. The van der Waals surface area contributed by atoms with Gasteiger partial charge in [-0.25, -0.2) is 0 Å². The van der Waals surface area contributed by atoms with Gasteiger partial charge in [-0.3, -0.25) is 4.79 Å². The molecule has 0 radical (unpaired) electrons. The number of anilines is 1. The van der Waals surface area contributed by atoms with Crippen LogP contribution in [-0.2, 0) is 13.0 Å². The zero-order chi connectivity index (χ0) is 14.8. The molecule has 0 bridgehead atoms. The summed E-state index contributed by atoms with van der Waals surface area (Å²) >= 11 is 8.22. The smallest absolute Gasteiger partial charge is 0.255 e. The Bertz CT molecular complexity index is 703. The van der Waals surface area contributed by atoms with Gasteiger partial charge in [0.05, 0.1) is 5.02 Å². The molecule has 0 atom stereocenters. The van der Waals surface area contributed by atoms with E-state index in [9.17, 15) is 4.79 Å². The van der Waals surface area contributed by atoms with Crippen LogP contribution in [0.3, 0.4) is 0 Å². The average Bonchev–Trinajstić information content (AvgIpc) is 2.50. The first-order valence-corrected chi connectivity index (χ1v) is 8.19. The van der Waals surface area contributed by atoms with Gasteiger partial charge in [-0.15, -0.1) is 0 Å². The van der Waals surface area contributed by atoms with Crippen LogP contribution in [0, 0.1) is 3.57 Å². The normalized spacial score (nSPS) is 13.6. The highest BCUT2D eigenvalue weighted by Gasteiger charge is 2.15. The second-order valence-corrected chi connectivity index (χ2v) is 6.52. The number of benzene rings is 2. The van der Waals surface area contributed by atoms with Crippen LogP contribution >= 0.6 is 34.2 Å². The van der Waals surface area contributed by atoms with Crippen molar-refractivity contribution >= 4 is 45.8 Å². The molecule has 21 heavy (non-hydrogen) atoms. The van der Waals surface area contributed by atoms with Crippen molar-refractivity contribution in [2.24, 2.45) is 0 Å². The number of hydrogen-bond donors (Lipinski definition) is 2. The maximum absolute atomic E-state index is 12.4. The highest BCUT2D eigenvalue weighted by atomic mass is 127. The van der Waals surface area contributed by atoms with Crippen LogP contribution < -0.4 is 10.6 Å². The van der Waals surface area contributed by atoms with E-state index in [0.717, 1.165) is 28.8 Å². The molecular weight excluding hydrogens is 399 g/mol. The van der Waals surface area contributed by atoms with E-state index in [0.29, 0.717) is 10.6 Å². The molecule has 0 saturated heterocycles. The molecule has 5 heteroatoms. The van der Waals surface area contributed by atoms with Gasteiger partial charge < -0.3 is 10.6 Å². The molecule has 2 aromatic rings. The lowest BCUT2D eigenvalue weighted by molar-refractivity contribution is 0.102. The van der Waals surface area contributed by atoms with Crippen molar-refractivity contribution < 1.29 is 4.79 Å². The lowest BCUT2D eigenvalue weighted by atomic mass is 9.99. The Balaban J connectivity index is 1.86. The fourth-order valence-electron chi connectivity index (χ4n) is 2.46. The number of carbonyl (C=O) groups is 1. The molecule has 0 fully saturated rings. The highest BCUT2D eigenvalue weighted by Crippen LogP contribution is 2.24. The van der Waals surface area contributed by atoms with Gasteiger partial charge in [0, 0.05) is 21.4 Å². The van der Waals surface area contributed by atoms with Crippen LogP contribution in [0.5, 0.6) is 0 Å². The first-order valence-electron chi connectivity index (χ1n) is 6.73. The van der Waals surface area contributed by atoms with Crippen LogP contribution in [0.2, 0.25) is 5.02 Å². The lowest BCUT2D eigenvalue weighted by Crippen LogP contribution is -2.25. The summed E-state index contributed by atoms with van der Waals surface area (Å²) in [5.41, 5.74) is 3.92. The minimum atomic E-state index is -0.132. The number of rotatable bonds is 2. The summed E-state index contributed by atoms with van der Waals surface area (Å²) in [6, 6.07) is 11.4. The molecule has 0 spiro atoms. The van der Waals surface area contributed by atoms with E-state index < -0.39 is 0 Å². The highest BCUT2D eigenvalue weighted by molar-refractivity contribution is 14.1. The molecule has 0 aliphatic carbocycles. The van der Waals surface area contributed by atoms with E-state index >= 15 is 0 Å². The van der Waals surface area contributed by atoms with Crippen molar-refractivity contribution in [2.75, 3.05) is 11.9 Å². The second-order valence-electron chi connectivity index (χ2n) is 4.95. The Morgan fingerprint density at radius 1 is 1.29 bits per heavy atom. The van der Waals surface area contributed by atoms with E-state index in [-0.39, 0.29) is 5.91 Å². The van der Waals surface area contributed by atoms with E-state index in [4.69, 9.17) is 11.6 Å². The number of nitrogens with one attached hydrogen (secondary N) is 2. The summed E-state index contributed by atoms with van der Waals surface area (Å²) in [4.78, 5) is 12.4. The van der Waals surface area contributed by atoms with Crippen molar-refractivity contribution in [1.82, 2.24) is 5.32 Å². The monoisotopic (exact) mass is 412 g/mol. The predicted octanol–water partition coefficient (Wildman–Crippen LogP) is 3.84. The molecule has 3 nitrogen and oxygen atoms in total. The molecular formula is C16H14ClIN2O. The van der Waals surface area contributed by atoms with Crippen molar-refractivity contribution in [1.29, 1.82) is 0 Å². The van der Waals surface area contributed by atoms with Gasteiger partial charge in [0.1, 0.15) is 0 Å². The fourth-order valence-corrected chi connectivity index (χ4v) is 2.98. The molecule has 2 N–H and O–H groups in total. The van der Waals surface area contributed by atoms with Gasteiger partial charge in [-0.1, -0.05) is 23.7 Å². The number of hydrogen-bond acceptors (Lipinski definition) is 2. The number of carbonyl (C=O) groups excluding carboxylic acids is 1. The standard InChI is InChI=1S/C16H14ClIN2O/c17-13-8-11(4-5-14(13)18)16(21)20-15-3-1-2-10-6-7-19-9-12(10)15/h1-5,8,19H,6-7,9H2,(H,20,21). The minimum Gasteiger partial charge on any atom is -0.322 e. The Morgan fingerprint density at radius 2 is 2.14 bits per heavy atom. The number of fused-ring (bicyclic) bond motifs is 1. The number of halogens is 2. The molecule has 1 amide bonds. The zero-order valence-electron chi connectivity index (χ0n) is 11.2. The first kappa shape index (κ1) is 14.8. The summed E-state index contributed by atoms with van der Waals surface area (Å²) in [6.45, 7) is 1.77. The van der Waals surface area contributed by atoms with Crippen LogP contribution in [0.25, 0.3) is 0 Å². The average molecular weight is 413 g/mol. The van der Waals surface area contributed by atoms with Gasteiger partial charge in [-0.2, -0.15) is 0 Å². The number of amides is 1. The third-order valence-electron chi connectivity index (χ3n) is 3.58. The Hall–Kier alpha value is -1.11. The SMILES string of the molecule is O=C(Nc1cccc2c1CNCC2)c1ccc(I)c(Cl)c1. The van der Waals surface area contributed by atoms with Crippen LogP contribution in [0.1, 0.15) is 21.5 Å². The van der Waals surface area contributed by atoms with Crippen LogP contribution in [-0.4, -0.2) is 12.5 Å². The van der Waals surface area contributed by atoms with Gasteiger partial charge in [-0.05, 0) is 70.9 Å². The largest absolute Gasteiger partial charge is 0.322 e. The van der Waals surface area contributed by atoms with Crippen LogP contribution in [0.15, 0.2) is 36.4 Å². The van der Waals surface area contributed by atoms with E-state index in [1.165, 1.54) is 11.1 Å². The van der Waals surface area contributed by atoms with E-state index in [1.54, 1.807) is 12.1 Å². The molecule has 0 unspecified atom stereocenters. The van der Waals surface area contributed by atoms with Crippen molar-refractivity contribution in [2.45, 2.75) is 13.0 Å². The molecule has 3 rings (SSSR count). The van der Waals surface area contributed by atoms with Gasteiger partial charge in [0.2, 0.25) is 0 Å². The molecule has 1 aliphatic heterocycles. The molecule has 0 saturated carbocycles. The quantitative estimate of drug-likeness (QED) is 0.736. The van der Waals surface area contributed by atoms with Gasteiger partial charge in [0.25, 0.3) is 5.91 Å². The summed E-state index contributed by atoms with van der Waals surface area (Å²) in [6.07, 6.45) is 0.994. The van der Waals surface area contributed by atoms with Crippen LogP contribution in [0.4, 0.5) is 5.69 Å². The topological polar surface area (TPSA) is 41.1 Å². The molecule has 108 valence electrons. The van der Waals surface area contributed by atoms with E-state index in [2.05, 4.69) is 39.3 Å². The Morgan fingerprint density at radius 3 is 2.95 bits per heavy atom. The maximum Gasteiger partial charge on any atom is 0.255 e. The van der Waals surface area contributed by atoms with Crippen molar-refractivity contribution in [3.63, 3.8) is 0 Å². The minimum absolute atomic E-state index is 0.132. The Kier molecular flexibility index (Phi) is 4.47. The first-order chi connectivity index (χ1) is 10.1. The summed E-state index contributed by atoms with van der Waals surface area (Å²) in [5.74, 6) is -0.132. The summed E-state index contributed by atoms with van der Waals surface area (Å²) in [5, 5.41) is 6.93. The maximum atomic E-state index is 12.4. The van der Waals surface area contributed by atoms with E-state index in [1.807, 2.05) is 18.2 Å². The third kappa shape index (κ3) is 3.22. The molecule has 1 heterocycles. The zero-order valence-corrected chi connectivity index (χ0v) is 14.2. The van der Waals surface area contributed by atoms with Gasteiger partial charge >= 0.3 is 0 Å². The lowest BCUT2D eigenvalue weighted by Gasteiger charge is -2.20. The predicted molar refractivity (Wildman–Crippen MR) is 94.0 cm³/mol. The molecule has 2 aromatic carbocycles. The second kappa shape index (κ2) is 6.34. The van der Waals surface area contributed by atoms with Crippen molar-refractivity contribution in [3.05, 3.63) is 61.7 Å². The molecule has 0 aromatic heterocycles. The Labute approximate surface area is 142 Å². The van der Waals surface area contributed by atoms with Crippen molar-refractivity contribution in [3.8, 4) is 0 Å². The van der Waals surface area contributed by atoms with Gasteiger partial charge in [0.15, 0.2) is 0 Å². The third-order valence-corrected chi connectivity index (χ3v) is 5.15. The summed E-state index contributed by atoms with van der Waals surface area (Å²) in [7, 11) is 0. The molecule has 1 aliphatic rings.